The first-order valence-corrected chi connectivity index (χ1v) is 10.7. The number of pyridine rings is 1. The van der Waals surface area contributed by atoms with Crippen LogP contribution >= 0.6 is 0 Å². The fourth-order valence-electron chi connectivity index (χ4n) is 3.53. The summed E-state index contributed by atoms with van der Waals surface area (Å²) in [4.78, 5) is 13.5. The van der Waals surface area contributed by atoms with Crippen LogP contribution in [0.5, 0.6) is 11.5 Å². The summed E-state index contributed by atoms with van der Waals surface area (Å²) in [5.41, 5.74) is 16.4. The SMILES string of the molecule is Cc1cc(-c2nc(N)c3cc(N)c(OCC4CC4)cc3n2)ccc1OCc1ccccn1. The summed E-state index contributed by atoms with van der Waals surface area (Å²) in [5.74, 6) is 3.00. The second-order valence-corrected chi connectivity index (χ2v) is 8.18. The molecule has 1 fully saturated rings. The van der Waals surface area contributed by atoms with Crippen molar-refractivity contribution in [2.45, 2.75) is 26.4 Å². The summed E-state index contributed by atoms with van der Waals surface area (Å²) in [5, 5.41) is 0.719. The predicted octanol–water partition coefficient (Wildman–Crippen LogP) is 4.53. The van der Waals surface area contributed by atoms with Crippen LogP contribution < -0.4 is 20.9 Å². The van der Waals surface area contributed by atoms with E-state index in [2.05, 4.69) is 9.97 Å². The highest BCUT2D eigenvalue weighted by molar-refractivity contribution is 5.93. The van der Waals surface area contributed by atoms with Crippen LogP contribution in [-0.2, 0) is 6.61 Å². The second kappa shape index (κ2) is 8.34. The topological polar surface area (TPSA) is 109 Å². The van der Waals surface area contributed by atoms with E-state index in [0.29, 0.717) is 47.7 Å². The number of hydrogen-bond acceptors (Lipinski definition) is 7. The first-order valence-electron chi connectivity index (χ1n) is 10.7. The average molecular weight is 428 g/mol. The van der Waals surface area contributed by atoms with Crippen LogP contribution in [0.25, 0.3) is 22.3 Å². The van der Waals surface area contributed by atoms with Crippen molar-refractivity contribution in [2.24, 2.45) is 5.92 Å². The molecule has 4 N–H and O–H groups in total. The van der Waals surface area contributed by atoms with Gasteiger partial charge in [0.05, 0.1) is 23.5 Å². The van der Waals surface area contributed by atoms with E-state index in [0.717, 1.165) is 28.0 Å². The Morgan fingerprint density at radius 3 is 2.59 bits per heavy atom. The molecule has 0 spiro atoms. The van der Waals surface area contributed by atoms with Gasteiger partial charge in [0.15, 0.2) is 5.82 Å². The minimum absolute atomic E-state index is 0.388. The molecular weight excluding hydrogens is 402 g/mol. The summed E-state index contributed by atoms with van der Waals surface area (Å²) in [7, 11) is 0. The molecule has 1 aliphatic rings. The van der Waals surface area contributed by atoms with Crippen LogP contribution in [0.15, 0.2) is 54.7 Å². The summed E-state index contributed by atoms with van der Waals surface area (Å²) >= 11 is 0. The van der Waals surface area contributed by atoms with Gasteiger partial charge in [-0.2, -0.15) is 0 Å². The van der Waals surface area contributed by atoms with Crippen LogP contribution in [-0.4, -0.2) is 21.6 Å². The Morgan fingerprint density at radius 1 is 0.969 bits per heavy atom. The van der Waals surface area contributed by atoms with E-state index in [-0.39, 0.29) is 0 Å². The average Bonchev–Trinajstić information content (AvgIpc) is 3.62. The lowest BCUT2D eigenvalue weighted by molar-refractivity contribution is 0.299. The molecule has 5 rings (SSSR count). The van der Waals surface area contributed by atoms with Gasteiger partial charge in [-0.15, -0.1) is 0 Å². The third-order valence-corrected chi connectivity index (χ3v) is 5.56. The maximum Gasteiger partial charge on any atom is 0.162 e. The maximum atomic E-state index is 6.25. The second-order valence-electron chi connectivity index (χ2n) is 8.18. The smallest absolute Gasteiger partial charge is 0.162 e. The molecule has 0 saturated heterocycles. The van der Waals surface area contributed by atoms with Crippen LogP contribution in [0.1, 0.15) is 24.1 Å². The van der Waals surface area contributed by atoms with E-state index in [4.69, 9.17) is 25.9 Å². The third-order valence-electron chi connectivity index (χ3n) is 5.56. The molecule has 2 aromatic heterocycles. The Morgan fingerprint density at radius 2 is 1.84 bits per heavy atom. The molecule has 0 atom stereocenters. The van der Waals surface area contributed by atoms with E-state index in [9.17, 15) is 0 Å². The van der Waals surface area contributed by atoms with Crippen LogP contribution in [0, 0.1) is 12.8 Å². The fraction of sp³-hybridized carbons (Fsp3) is 0.240. The zero-order chi connectivity index (χ0) is 22.1. The number of aromatic nitrogens is 3. The lowest BCUT2D eigenvalue weighted by atomic mass is 10.1. The van der Waals surface area contributed by atoms with E-state index < -0.39 is 0 Å². The molecule has 0 unspecified atom stereocenters. The lowest BCUT2D eigenvalue weighted by Gasteiger charge is -2.13. The molecule has 1 saturated carbocycles. The van der Waals surface area contributed by atoms with Gasteiger partial charge in [-0.25, -0.2) is 9.97 Å². The van der Waals surface area contributed by atoms with Gasteiger partial charge in [-0.05, 0) is 67.6 Å². The van der Waals surface area contributed by atoms with Gasteiger partial charge in [0, 0.05) is 23.2 Å². The molecule has 2 heterocycles. The summed E-state index contributed by atoms with van der Waals surface area (Å²) in [6.07, 6.45) is 4.19. The predicted molar refractivity (Wildman–Crippen MR) is 125 cm³/mol. The highest BCUT2D eigenvalue weighted by atomic mass is 16.5. The number of nitrogens with zero attached hydrogens (tertiary/aromatic N) is 3. The maximum absolute atomic E-state index is 6.25. The highest BCUT2D eigenvalue weighted by Gasteiger charge is 2.22. The molecule has 0 amide bonds. The Kier molecular flexibility index (Phi) is 5.23. The standard InChI is InChI=1S/C25H25N5O2/c1-15-10-17(7-8-22(15)32-14-18-4-2-3-9-28-18)25-29-21-12-23(31-13-16-5-6-16)20(26)11-19(21)24(27)30-25/h2-4,7-12,16H,5-6,13-14,26H2,1H3,(H2,27,29,30). The third kappa shape index (κ3) is 4.27. The largest absolute Gasteiger partial charge is 0.491 e. The number of hydrogen-bond donors (Lipinski definition) is 2. The Bertz CT molecular complexity index is 1270. The van der Waals surface area contributed by atoms with Crippen molar-refractivity contribution >= 4 is 22.4 Å². The molecule has 0 bridgehead atoms. The van der Waals surface area contributed by atoms with Gasteiger partial charge >= 0.3 is 0 Å². The van der Waals surface area contributed by atoms with Crippen molar-refractivity contribution in [2.75, 3.05) is 18.1 Å². The minimum Gasteiger partial charge on any atom is -0.491 e. The van der Waals surface area contributed by atoms with Crippen molar-refractivity contribution in [3.63, 3.8) is 0 Å². The van der Waals surface area contributed by atoms with E-state index in [1.807, 2.05) is 49.4 Å². The molecule has 32 heavy (non-hydrogen) atoms. The molecule has 4 aromatic rings. The van der Waals surface area contributed by atoms with Crippen molar-refractivity contribution in [3.8, 4) is 22.9 Å². The molecule has 7 nitrogen and oxygen atoms in total. The van der Waals surface area contributed by atoms with Gasteiger partial charge < -0.3 is 20.9 Å². The Labute approximate surface area is 186 Å². The Hall–Kier alpha value is -3.87. The van der Waals surface area contributed by atoms with Crippen molar-refractivity contribution in [1.29, 1.82) is 0 Å². The fourth-order valence-corrected chi connectivity index (χ4v) is 3.53. The molecule has 7 heteroatoms. The van der Waals surface area contributed by atoms with Gasteiger partial charge in [0.25, 0.3) is 0 Å². The summed E-state index contributed by atoms with van der Waals surface area (Å²) in [6.45, 7) is 3.08. The monoisotopic (exact) mass is 427 g/mol. The summed E-state index contributed by atoms with van der Waals surface area (Å²) < 4.78 is 11.8. The van der Waals surface area contributed by atoms with Crippen LogP contribution in [0.2, 0.25) is 0 Å². The zero-order valence-electron chi connectivity index (χ0n) is 17.9. The quantitative estimate of drug-likeness (QED) is 0.417. The molecule has 0 radical (unpaired) electrons. The molecule has 2 aromatic carbocycles. The number of anilines is 2. The minimum atomic E-state index is 0.388. The zero-order valence-corrected chi connectivity index (χ0v) is 17.9. The first kappa shape index (κ1) is 20.1. The van der Waals surface area contributed by atoms with Crippen LogP contribution in [0.3, 0.4) is 0 Å². The first-order chi connectivity index (χ1) is 15.6. The van der Waals surface area contributed by atoms with Crippen molar-refractivity contribution < 1.29 is 9.47 Å². The van der Waals surface area contributed by atoms with Gasteiger partial charge in [-0.3, -0.25) is 4.98 Å². The number of fused-ring (bicyclic) bond motifs is 1. The number of aryl methyl sites for hydroxylation is 1. The number of ether oxygens (including phenoxy) is 2. The van der Waals surface area contributed by atoms with Gasteiger partial charge in [-0.1, -0.05) is 6.07 Å². The molecule has 0 aliphatic heterocycles. The Balaban J connectivity index is 1.41. The van der Waals surface area contributed by atoms with E-state index >= 15 is 0 Å². The van der Waals surface area contributed by atoms with Crippen molar-refractivity contribution in [3.05, 3.63) is 66.0 Å². The molecule has 162 valence electrons. The summed E-state index contributed by atoms with van der Waals surface area (Å²) in [6, 6.07) is 15.3. The normalized spacial score (nSPS) is 13.3. The van der Waals surface area contributed by atoms with Gasteiger partial charge in [0.1, 0.15) is 23.9 Å². The number of nitrogens with two attached hydrogens (primary N) is 2. The van der Waals surface area contributed by atoms with E-state index in [1.54, 1.807) is 12.3 Å². The number of benzene rings is 2. The lowest BCUT2D eigenvalue weighted by Crippen LogP contribution is -2.04. The van der Waals surface area contributed by atoms with E-state index in [1.165, 1.54) is 12.8 Å². The van der Waals surface area contributed by atoms with Crippen LogP contribution in [0.4, 0.5) is 11.5 Å². The number of nitrogen functional groups attached to an aromatic ring is 2. The molecule has 1 aliphatic carbocycles. The highest BCUT2D eigenvalue weighted by Crippen LogP contribution is 2.34. The number of rotatable bonds is 7. The van der Waals surface area contributed by atoms with Crippen molar-refractivity contribution in [1.82, 2.24) is 15.0 Å². The van der Waals surface area contributed by atoms with Gasteiger partial charge in [0.2, 0.25) is 0 Å². The molecular formula is C25H25N5O2.